The van der Waals surface area contributed by atoms with E-state index in [1.165, 1.54) is 12.8 Å². The molecule has 0 atom stereocenters. The van der Waals surface area contributed by atoms with Crippen molar-refractivity contribution in [2.24, 2.45) is 0 Å². The predicted octanol–water partition coefficient (Wildman–Crippen LogP) is 2.60. The molecular weight excluding hydrogens is 160 g/mol. The highest BCUT2D eigenvalue weighted by Crippen LogP contribution is 2.01. The van der Waals surface area contributed by atoms with Gasteiger partial charge in [-0.2, -0.15) is 0 Å². The zero-order valence-corrected chi connectivity index (χ0v) is 9.22. The molecule has 0 aliphatic rings. The van der Waals surface area contributed by atoms with E-state index in [1.807, 2.05) is 0 Å². The number of hydrogen-bond acceptors (Lipinski definition) is 0. The minimum Gasteiger partial charge on any atom is -0.0671 e. The number of hydrogen-bond donors (Lipinski definition) is 0. The van der Waals surface area contributed by atoms with E-state index in [1.54, 1.807) is 10.8 Å². The van der Waals surface area contributed by atoms with E-state index in [0.717, 1.165) is 0 Å². The fourth-order valence-corrected chi connectivity index (χ4v) is 2.78. The normalized spacial score (nSPS) is 10.7. The van der Waals surface area contributed by atoms with E-state index < -0.39 is 0 Å². The second-order valence-electron chi connectivity index (χ2n) is 3.41. The van der Waals surface area contributed by atoms with Gasteiger partial charge in [0.15, 0.2) is 0 Å². The van der Waals surface area contributed by atoms with Crippen LogP contribution < -0.4 is 5.19 Å². The van der Waals surface area contributed by atoms with Crippen molar-refractivity contribution in [1.29, 1.82) is 0 Å². The molecule has 0 aromatic heterocycles. The van der Waals surface area contributed by atoms with Crippen molar-refractivity contribution in [3.8, 4) is 0 Å². The predicted molar refractivity (Wildman–Crippen MR) is 57.6 cm³/mol. The molecule has 1 heteroatoms. The third-order valence-electron chi connectivity index (χ3n) is 2.08. The molecule has 0 amide bonds. The molecule has 0 aliphatic heterocycles. The first-order valence-corrected chi connectivity index (χ1v) is 7.14. The SMILES string of the molecule is CCCc1ccccc1[Si](C)C. The summed E-state index contributed by atoms with van der Waals surface area (Å²) in [5.41, 5.74) is 1.57. The summed E-state index contributed by atoms with van der Waals surface area (Å²) in [6, 6.07) is 8.88. The van der Waals surface area contributed by atoms with Crippen LogP contribution in [-0.2, 0) is 6.42 Å². The number of benzene rings is 1. The third kappa shape index (κ3) is 2.21. The van der Waals surface area contributed by atoms with Gasteiger partial charge < -0.3 is 0 Å². The van der Waals surface area contributed by atoms with Crippen molar-refractivity contribution in [2.75, 3.05) is 0 Å². The van der Waals surface area contributed by atoms with Crippen molar-refractivity contribution in [1.82, 2.24) is 0 Å². The van der Waals surface area contributed by atoms with Crippen LogP contribution in [0.4, 0.5) is 0 Å². The minimum atomic E-state index is -0.264. The fourth-order valence-electron chi connectivity index (χ4n) is 1.50. The van der Waals surface area contributed by atoms with E-state index in [9.17, 15) is 0 Å². The van der Waals surface area contributed by atoms with Gasteiger partial charge in [-0.25, -0.2) is 0 Å². The van der Waals surface area contributed by atoms with Crippen molar-refractivity contribution < 1.29 is 0 Å². The smallest absolute Gasteiger partial charge is 0.0671 e. The highest BCUT2D eigenvalue weighted by molar-refractivity contribution is 6.71. The summed E-state index contributed by atoms with van der Waals surface area (Å²) in [5.74, 6) is 0. The van der Waals surface area contributed by atoms with Gasteiger partial charge in [-0.1, -0.05) is 55.9 Å². The lowest BCUT2D eigenvalue weighted by Gasteiger charge is -2.09. The van der Waals surface area contributed by atoms with Crippen LogP contribution in [0.2, 0.25) is 13.1 Å². The summed E-state index contributed by atoms with van der Waals surface area (Å²) in [4.78, 5) is 0. The van der Waals surface area contributed by atoms with Gasteiger partial charge in [0, 0.05) is 0 Å². The van der Waals surface area contributed by atoms with Crippen LogP contribution >= 0.6 is 0 Å². The van der Waals surface area contributed by atoms with Crippen LogP contribution in [0.3, 0.4) is 0 Å². The molecule has 0 heterocycles. The second kappa shape index (κ2) is 4.46. The maximum absolute atomic E-state index is 2.36. The Bertz CT molecular complexity index is 241. The first-order chi connectivity index (χ1) is 5.75. The molecule has 0 saturated heterocycles. The van der Waals surface area contributed by atoms with Crippen molar-refractivity contribution in [3.63, 3.8) is 0 Å². The Morgan fingerprint density at radius 1 is 1.17 bits per heavy atom. The fraction of sp³-hybridized carbons (Fsp3) is 0.455. The summed E-state index contributed by atoms with van der Waals surface area (Å²) in [6.07, 6.45) is 2.50. The van der Waals surface area contributed by atoms with Gasteiger partial charge in [0.05, 0.1) is 8.80 Å². The zero-order chi connectivity index (χ0) is 8.97. The maximum Gasteiger partial charge on any atom is 0.0795 e. The molecule has 1 radical (unpaired) electrons. The molecular formula is C11H17Si. The Hall–Kier alpha value is -0.563. The van der Waals surface area contributed by atoms with Crippen molar-refractivity contribution in [2.45, 2.75) is 32.9 Å². The van der Waals surface area contributed by atoms with Gasteiger partial charge >= 0.3 is 0 Å². The Labute approximate surface area is 77.2 Å². The molecule has 0 N–H and O–H groups in total. The molecule has 1 rings (SSSR count). The zero-order valence-electron chi connectivity index (χ0n) is 8.22. The van der Waals surface area contributed by atoms with Crippen LogP contribution in [0.15, 0.2) is 24.3 Å². The lowest BCUT2D eigenvalue weighted by atomic mass is 10.1. The summed E-state index contributed by atoms with van der Waals surface area (Å²) in [5, 5.41) is 1.62. The number of aryl methyl sites for hydroxylation is 1. The minimum absolute atomic E-state index is 0.264. The highest BCUT2D eigenvalue weighted by Gasteiger charge is 2.04. The highest BCUT2D eigenvalue weighted by atomic mass is 28.3. The molecule has 0 spiro atoms. The van der Waals surface area contributed by atoms with Gasteiger partial charge in [0.2, 0.25) is 0 Å². The Kier molecular flexibility index (Phi) is 3.54. The molecule has 0 bridgehead atoms. The van der Waals surface area contributed by atoms with E-state index in [-0.39, 0.29) is 8.80 Å². The molecule has 1 aromatic rings. The monoisotopic (exact) mass is 177 g/mol. The molecule has 12 heavy (non-hydrogen) atoms. The molecule has 1 aromatic carbocycles. The van der Waals surface area contributed by atoms with Gasteiger partial charge in [-0.15, -0.1) is 0 Å². The van der Waals surface area contributed by atoms with E-state index >= 15 is 0 Å². The maximum atomic E-state index is 2.36. The summed E-state index contributed by atoms with van der Waals surface area (Å²) >= 11 is 0. The first-order valence-electron chi connectivity index (χ1n) is 4.64. The van der Waals surface area contributed by atoms with E-state index in [0.29, 0.717) is 0 Å². The molecule has 0 saturated carbocycles. The number of rotatable bonds is 3. The average molecular weight is 177 g/mol. The molecule has 0 fully saturated rings. The largest absolute Gasteiger partial charge is 0.0795 e. The average Bonchev–Trinajstić information content (AvgIpc) is 2.05. The topological polar surface area (TPSA) is 0 Å². The van der Waals surface area contributed by atoms with Crippen LogP contribution in [0, 0.1) is 0 Å². The quantitative estimate of drug-likeness (QED) is 0.623. The third-order valence-corrected chi connectivity index (χ3v) is 3.64. The van der Waals surface area contributed by atoms with Gasteiger partial charge in [-0.3, -0.25) is 0 Å². The van der Waals surface area contributed by atoms with Crippen LogP contribution in [0.5, 0.6) is 0 Å². The van der Waals surface area contributed by atoms with Gasteiger partial charge in [-0.05, 0) is 12.0 Å². The van der Waals surface area contributed by atoms with Crippen molar-refractivity contribution >= 4 is 14.0 Å². The lowest BCUT2D eigenvalue weighted by molar-refractivity contribution is 0.927. The first kappa shape index (κ1) is 9.52. The Balaban J connectivity index is 2.92. The Morgan fingerprint density at radius 2 is 1.83 bits per heavy atom. The van der Waals surface area contributed by atoms with Crippen LogP contribution in [0.25, 0.3) is 0 Å². The summed E-state index contributed by atoms with van der Waals surface area (Å²) in [6.45, 7) is 6.97. The lowest BCUT2D eigenvalue weighted by Crippen LogP contribution is -2.26. The summed E-state index contributed by atoms with van der Waals surface area (Å²) in [7, 11) is -0.264. The van der Waals surface area contributed by atoms with Crippen LogP contribution in [0.1, 0.15) is 18.9 Å². The van der Waals surface area contributed by atoms with E-state index in [4.69, 9.17) is 0 Å². The van der Waals surface area contributed by atoms with Gasteiger partial charge in [0.25, 0.3) is 0 Å². The van der Waals surface area contributed by atoms with Crippen LogP contribution in [-0.4, -0.2) is 8.80 Å². The molecule has 0 unspecified atom stereocenters. The molecule has 0 aliphatic carbocycles. The molecule has 0 nitrogen and oxygen atoms in total. The second-order valence-corrected chi connectivity index (χ2v) is 5.95. The summed E-state index contributed by atoms with van der Waals surface area (Å²) < 4.78 is 0. The Morgan fingerprint density at radius 3 is 2.42 bits per heavy atom. The molecule has 65 valence electrons. The van der Waals surface area contributed by atoms with Gasteiger partial charge in [0.1, 0.15) is 0 Å². The standard InChI is InChI=1S/C11H17Si/c1-4-7-10-8-5-6-9-11(10)12(2)3/h5-6,8-9H,4,7H2,1-3H3. The van der Waals surface area contributed by atoms with E-state index in [2.05, 4.69) is 44.3 Å². The van der Waals surface area contributed by atoms with Crippen molar-refractivity contribution in [3.05, 3.63) is 29.8 Å².